The molecule has 0 aliphatic rings. The van der Waals surface area contributed by atoms with E-state index >= 15 is 22.0 Å². The van der Waals surface area contributed by atoms with Gasteiger partial charge in [0.15, 0.2) is 0 Å². The number of benzene rings is 8. The number of nitrogens with zero attached hydrogens (tertiary/aromatic N) is 2. The Hall–Kier alpha value is -6.99. The van der Waals surface area contributed by atoms with E-state index in [1.807, 2.05) is 113 Å². The molecule has 0 radical (unpaired) electrons. The normalized spacial score (nSPS) is 12.1. The van der Waals surface area contributed by atoms with Crippen LogP contribution in [0.1, 0.15) is 27.8 Å². The smallest absolute Gasteiger partial charge is 0.309 e. The molecule has 0 aliphatic heterocycles. The van der Waals surface area contributed by atoms with Gasteiger partial charge in [-0.05, 0) is 110 Å². The summed E-state index contributed by atoms with van der Waals surface area (Å²) in [5.74, 6) is -1.67. The van der Waals surface area contributed by atoms with E-state index in [2.05, 4.69) is 36.4 Å². The standard InChI is InChI=1S/C53H37F5N2/c1-30-17-31(2)20-36(19-30)34-13-15-44-42-9-5-7-11-46(42)59(48(44)25-34)50-27-39(38-23-40(54)29-41(55)24-38)28-51(52(50)53(56,57)58)60-47-12-8-6-10-43(47)45-16-14-35(26-49(45)60)37-21-32(3)18-33(4)22-37/h5-29H,1-4H3. The number of alkyl halides is 3. The van der Waals surface area contributed by atoms with Crippen molar-refractivity contribution in [2.45, 2.75) is 33.9 Å². The van der Waals surface area contributed by atoms with Crippen molar-refractivity contribution in [3.8, 4) is 44.8 Å². The zero-order valence-corrected chi connectivity index (χ0v) is 33.2. The zero-order valence-electron chi connectivity index (χ0n) is 33.2. The van der Waals surface area contributed by atoms with E-state index in [0.29, 0.717) is 22.1 Å². The van der Waals surface area contributed by atoms with Gasteiger partial charge in [0.05, 0.1) is 33.4 Å². The van der Waals surface area contributed by atoms with E-state index in [1.54, 1.807) is 9.13 Å². The van der Waals surface area contributed by atoms with Gasteiger partial charge in [0, 0.05) is 27.6 Å². The fraction of sp³-hybridized carbons (Fsp3) is 0.0943. The van der Waals surface area contributed by atoms with E-state index in [4.69, 9.17) is 0 Å². The van der Waals surface area contributed by atoms with E-state index in [9.17, 15) is 0 Å². The molecule has 8 aromatic carbocycles. The maximum atomic E-state index is 16.5. The van der Waals surface area contributed by atoms with E-state index in [1.165, 1.54) is 12.1 Å². The third kappa shape index (κ3) is 6.24. The highest BCUT2D eigenvalue weighted by Gasteiger charge is 2.39. The first-order valence-electron chi connectivity index (χ1n) is 19.8. The fourth-order valence-corrected chi connectivity index (χ4v) is 9.24. The SMILES string of the molecule is Cc1cc(C)cc(-c2ccc3c4ccccc4n(-c4cc(-c5cc(F)cc(F)c5)cc(-n5c6ccccc6c6ccc(-c7cc(C)cc(C)c7)cc65)c4C(F)(F)F)c3c2)c1. The summed E-state index contributed by atoms with van der Waals surface area (Å²) in [6, 6.07) is 45.0. The molecule has 0 atom stereocenters. The van der Waals surface area contributed by atoms with Gasteiger partial charge in [-0.15, -0.1) is 0 Å². The summed E-state index contributed by atoms with van der Waals surface area (Å²) in [5.41, 5.74) is 9.19. The van der Waals surface area contributed by atoms with E-state index < -0.39 is 23.4 Å². The number of hydrogen-bond donors (Lipinski definition) is 0. The summed E-state index contributed by atoms with van der Waals surface area (Å²) < 4.78 is 82.9. The lowest BCUT2D eigenvalue weighted by atomic mass is 9.98. The summed E-state index contributed by atoms with van der Waals surface area (Å²) in [4.78, 5) is 0. The molecule has 7 heteroatoms. The third-order valence-electron chi connectivity index (χ3n) is 11.5. The van der Waals surface area contributed by atoms with E-state index in [0.717, 1.165) is 84.3 Å². The van der Waals surface area contributed by atoms with E-state index in [-0.39, 0.29) is 22.5 Å². The summed E-state index contributed by atoms with van der Waals surface area (Å²) in [6.45, 7) is 8.07. The van der Waals surface area contributed by atoms with Gasteiger partial charge >= 0.3 is 6.18 Å². The van der Waals surface area contributed by atoms with Gasteiger partial charge in [-0.2, -0.15) is 13.2 Å². The molecule has 0 bridgehead atoms. The van der Waals surface area contributed by atoms with Crippen molar-refractivity contribution >= 4 is 43.6 Å². The molecule has 0 saturated carbocycles. The van der Waals surface area contributed by atoms with Gasteiger partial charge in [-0.3, -0.25) is 0 Å². The predicted molar refractivity (Wildman–Crippen MR) is 235 cm³/mol. The fourth-order valence-electron chi connectivity index (χ4n) is 9.24. The number of aromatic nitrogens is 2. The Bertz CT molecular complexity index is 3130. The van der Waals surface area contributed by atoms with Crippen molar-refractivity contribution in [1.82, 2.24) is 9.13 Å². The molecule has 60 heavy (non-hydrogen) atoms. The topological polar surface area (TPSA) is 9.86 Å². The second-order valence-corrected chi connectivity index (χ2v) is 16.0. The summed E-state index contributed by atoms with van der Waals surface area (Å²) in [6.07, 6.45) is -4.90. The lowest BCUT2D eigenvalue weighted by molar-refractivity contribution is -0.137. The van der Waals surface area contributed by atoms with Gasteiger partial charge in [-0.25, -0.2) is 8.78 Å². The molecule has 0 unspecified atom stereocenters. The maximum absolute atomic E-state index is 16.5. The monoisotopic (exact) mass is 796 g/mol. The number of halogens is 5. The number of aryl methyl sites for hydroxylation is 4. The number of fused-ring (bicyclic) bond motifs is 6. The number of rotatable bonds is 5. The molecular weight excluding hydrogens is 760 g/mol. The molecule has 0 N–H and O–H groups in total. The van der Waals surface area contributed by atoms with Crippen LogP contribution in [0.2, 0.25) is 0 Å². The van der Waals surface area contributed by atoms with Crippen LogP contribution in [0.25, 0.3) is 88.4 Å². The minimum absolute atomic E-state index is 0.108. The maximum Gasteiger partial charge on any atom is 0.420 e. The molecule has 2 aromatic heterocycles. The molecule has 10 rings (SSSR count). The Labute approximate surface area is 343 Å². The van der Waals surface area contributed by atoms with Crippen LogP contribution in [-0.2, 0) is 6.18 Å². The van der Waals surface area contributed by atoms with Crippen LogP contribution in [0.5, 0.6) is 0 Å². The van der Waals surface area contributed by atoms with Crippen LogP contribution in [0.3, 0.4) is 0 Å². The summed E-state index contributed by atoms with van der Waals surface area (Å²) >= 11 is 0. The first-order chi connectivity index (χ1) is 28.8. The molecule has 0 spiro atoms. The zero-order chi connectivity index (χ0) is 41.6. The molecule has 0 saturated heterocycles. The average Bonchev–Trinajstić information content (AvgIpc) is 3.71. The number of hydrogen-bond acceptors (Lipinski definition) is 0. The third-order valence-corrected chi connectivity index (χ3v) is 11.5. The van der Waals surface area contributed by atoms with Crippen LogP contribution in [0.15, 0.2) is 152 Å². The largest absolute Gasteiger partial charge is 0.420 e. The summed E-state index contributed by atoms with van der Waals surface area (Å²) in [5, 5.41) is 3.08. The minimum Gasteiger partial charge on any atom is -0.309 e. The first kappa shape index (κ1) is 37.3. The van der Waals surface area contributed by atoms with Crippen LogP contribution in [-0.4, -0.2) is 9.13 Å². The Morgan fingerprint density at radius 3 is 1.13 bits per heavy atom. The lowest BCUT2D eigenvalue weighted by Gasteiger charge is -2.23. The molecule has 10 aromatic rings. The quantitative estimate of drug-likeness (QED) is 0.154. The Morgan fingerprint density at radius 2 is 0.717 bits per heavy atom. The lowest BCUT2D eigenvalue weighted by Crippen LogP contribution is -2.16. The molecule has 0 aliphatic carbocycles. The first-order valence-corrected chi connectivity index (χ1v) is 19.8. The molecular formula is C53H37F5N2. The average molecular weight is 797 g/mol. The van der Waals surface area contributed by atoms with Crippen molar-refractivity contribution < 1.29 is 22.0 Å². The Balaban J connectivity index is 1.37. The highest BCUT2D eigenvalue weighted by molar-refractivity contribution is 6.12. The van der Waals surface area contributed by atoms with Gasteiger partial charge in [0.1, 0.15) is 17.2 Å². The van der Waals surface area contributed by atoms with Gasteiger partial charge in [0.25, 0.3) is 0 Å². The van der Waals surface area contributed by atoms with Crippen molar-refractivity contribution in [3.63, 3.8) is 0 Å². The Morgan fingerprint density at radius 1 is 0.350 bits per heavy atom. The molecule has 294 valence electrons. The number of para-hydroxylation sites is 2. The molecule has 0 amide bonds. The van der Waals surface area contributed by atoms with Crippen LogP contribution < -0.4 is 0 Å². The van der Waals surface area contributed by atoms with Crippen molar-refractivity contribution in [2.75, 3.05) is 0 Å². The van der Waals surface area contributed by atoms with Crippen LogP contribution in [0, 0.1) is 39.3 Å². The summed E-state index contributed by atoms with van der Waals surface area (Å²) in [7, 11) is 0. The minimum atomic E-state index is -4.90. The van der Waals surface area contributed by atoms with Gasteiger partial charge in [0.2, 0.25) is 0 Å². The highest BCUT2D eigenvalue weighted by Crippen LogP contribution is 2.47. The molecule has 0 fully saturated rings. The molecule has 2 nitrogen and oxygen atoms in total. The van der Waals surface area contributed by atoms with Gasteiger partial charge < -0.3 is 9.13 Å². The predicted octanol–water partition coefficient (Wildman–Crippen LogP) is 15.4. The van der Waals surface area contributed by atoms with Crippen LogP contribution in [0.4, 0.5) is 22.0 Å². The van der Waals surface area contributed by atoms with Crippen LogP contribution >= 0.6 is 0 Å². The van der Waals surface area contributed by atoms with Crippen molar-refractivity contribution in [2.24, 2.45) is 0 Å². The van der Waals surface area contributed by atoms with Gasteiger partial charge in [-0.1, -0.05) is 119 Å². The second-order valence-electron chi connectivity index (χ2n) is 16.0. The molecule has 2 heterocycles. The highest BCUT2D eigenvalue weighted by atomic mass is 19.4. The Kier molecular flexibility index (Phi) is 8.58. The second kappa shape index (κ2) is 13.8. The van der Waals surface area contributed by atoms with Crippen molar-refractivity contribution in [1.29, 1.82) is 0 Å². The van der Waals surface area contributed by atoms with Crippen molar-refractivity contribution in [3.05, 3.63) is 191 Å².